The van der Waals surface area contributed by atoms with Crippen LogP contribution in [-0.2, 0) is 0 Å². The highest BCUT2D eigenvalue weighted by Gasteiger charge is 2.15. The molecule has 0 aliphatic rings. The van der Waals surface area contributed by atoms with E-state index in [0.29, 0.717) is 16.7 Å². The van der Waals surface area contributed by atoms with Crippen LogP contribution < -0.4 is 4.74 Å². The average Bonchev–Trinajstić information content (AvgIpc) is 2.71. The molecule has 1 unspecified atom stereocenters. The third-order valence-corrected chi connectivity index (χ3v) is 3.38. The summed E-state index contributed by atoms with van der Waals surface area (Å²) < 4.78 is 7.93. The molecule has 18 heavy (non-hydrogen) atoms. The van der Waals surface area contributed by atoms with Crippen LogP contribution in [0.5, 0.6) is 5.88 Å². The fourth-order valence-corrected chi connectivity index (χ4v) is 2.48. The van der Waals surface area contributed by atoms with Gasteiger partial charge in [0.2, 0.25) is 5.88 Å². The number of methoxy groups -OCH3 is 1. The van der Waals surface area contributed by atoms with Crippen molar-refractivity contribution in [3.63, 3.8) is 0 Å². The molecule has 2 rings (SSSR count). The van der Waals surface area contributed by atoms with Crippen LogP contribution >= 0.6 is 12.2 Å². The van der Waals surface area contributed by atoms with Gasteiger partial charge in [-0.15, -0.1) is 0 Å². The Hall–Kier alpha value is -1.43. The van der Waals surface area contributed by atoms with E-state index in [-0.39, 0.29) is 0 Å². The van der Waals surface area contributed by atoms with Crippen molar-refractivity contribution < 1.29 is 4.74 Å². The molecule has 0 amide bonds. The lowest BCUT2D eigenvalue weighted by Crippen LogP contribution is -2.06. The van der Waals surface area contributed by atoms with E-state index in [1.807, 2.05) is 4.57 Å². The second-order valence-electron chi connectivity index (χ2n) is 4.37. The smallest absolute Gasteiger partial charge is 0.242 e. The Morgan fingerprint density at radius 1 is 1.50 bits per heavy atom. The van der Waals surface area contributed by atoms with Gasteiger partial charge in [0.05, 0.1) is 7.11 Å². The molecular formula is C12H18N4OS. The largest absolute Gasteiger partial charge is 0.479 e. The summed E-state index contributed by atoms with van der Waals surface area (Å²) in [4.78, 5) is 11.5. The first-order valence-electron chi connectivity index (χ1n) is 6.18. The summed E-state index contributed by atoms with van der Waals surface area (Å²) in [5, 5.41) is 0. The Bertz CT molecular complexity index is 589. The van der Waals surface area contributed by atoms with Gasteiger partial charge in [0.15, 0.2) is 10.4 Å². The van der Waals surface area contributed by atoms with Crippen molar-refractivity contribution in [2.75, 3.05) is 7.11 Å². The van der Waals surface area contributed by atoms with Gasteiger partial charge >= 0.3 is 0 Å². The lowest BCUT2D eigenvalue weighted by molar-refractivity contribution is 0.401. The number of unbranched alkanes of at least 4 members (excludes halogenated alkanes) is 1. The predicted molar refractivity (Wildman–Crippen MR) is 73.5 cm³/mol. The van der Waals surface area contributed by atoms with Crippen LogP contribution in [0.4, 0.5) is 0 Å². The van der Waals surface area contributed by atoms with Gasteiger partial charge in [0, 0.05) is 6.04 Å². The molecule has 0 fully saturated rings. The molecule has 0 radical (unpaired) electrons. The first-order chi connectivity index (χ1) is 8.69. The zero-order chi connectivity index (χ0) is 13.1. The van der Waals surface area contributed by atoms with E-state index in [1.54, 1.807) is 7.11 Å². The first-order valence-corrected chi connectivity index (χ1v) is 6.59. The average molecular weight is 266 g/mol. The fourth-order valence-electron chi connectivity index (χ4n) is 2.11. The fraction of sp³-hybridized carbons (Fsp3) is 0.583. The van der Waals surface area contributed by atoms with Gasteiger partial charge in [-0.3, -0.25) is 4.57 Å². The monoisotopic (exact) mass is 266 g/mol. The van der Waals surface area contributed by atoms with Crippen LogP contribution in [0.25, 0.3) is 11.2 Å². The molecule has 5 nitrogen and oxygen atoms in total. The van der Waals surface area contributed by atoms with Gasteiger partial charge in [-0.25, -0.2) is 4.98 Å². The number of rotatable bonds is 5. The van der Waals surface area contributed by atoms with Gasteiger partial charge in [-0.2, -0.15) is 4.98 Å². The molecule has 2 heterocycles. The number of hydrogen-bond donors (Lipinski definition) is 1. The topological polar surface area (TPSA) is 55.7 Å². The molecule has 1 atom stereocenters. The Morgan fingerprint density at radius 2 is 2.28 bits per heavy atom. The number of nitrogens with zero attached hydrogens (tertiary/aromatic N) is 3. The van der Waals surface area contributed by atoms with E-state index in [4.69, 9.17) is 17.0 Å². The van der Waals surface area contributed by atoms with E-state index in [0.717, 1.165) is 17.6 Å². The molecule has 1 N–H and O–H groups in total. The summed E-state index contributed by atoms with van der Waals surface area (Å²) in [6, 6.07) is 0.325. The summed E-state index contributed by atoms with van der Waals surface area (Å²) in [5.41, 5.74) is 1.59. The summed E-state index contributed by atoms with van der Waals surface area (Å²) >= 11 is 5.37. The minimum absolute atomic E-state index is 0.325. The van der Waals surface area contributed by atoms with Gasteiger partial charge in [-0.05, 0) is 25.6 Å². The van der Waals surface area contributed by atoms with Crippen molar-refractivity contribution in [1.82, 2.24) is 19.5 Å². The lowest BCUT2D eigenvalue weighted by Gasteiger charge is -2.13. The van der Waals surface area contributed by atoms with Gasteiger partial charge in [0.1, 0.15) is 11.8 Å². The second kappa shape index (κ2) is 5.48. The summed E-state index contributed by atoms with van der Waals surface area (Å²) in [7, 11) is 1.59. The predicted octanol–water partition coefficient (Wildman–Crippen LogP) is 3.25. The second-order valence-corrected chi connectivity index (χ2v) is 4.76. The Kier molecular flexibility index (Phi) is 3.96. The number of ether oxygens (including phenoxy) is 1. The molecule has 0 aliphatic carbocycles. The van der Waals surface area contributed by atoms with Crippen LogP contribution in [0, 0.1) is 4.77 Å². The summed E-state index contributed by atoms with van der Waals surface area (Å²) in [6.07, 6.45) is 4.95. The van der Waals surface area contributed by atoms with Crippen LogP contribution in [-0.4, -0.2) is 26.6 Å². The highest BCUT2D eigenvalue weighted by atomic mass is 32.1. The number of hydrogen-bond acceptors (Lipinski definition) is 4. The van der Waals surface area contributed by atoms with Crippen molar-refractivity contribution >= 4 is 23.4 Å². The van der Waals surface area contributed by atoms with E-state index in [2.05, 4.69) is 28.8 Å². The van der Waals surface area contributed by atoms with Crippen molar-refractivity contribution in [2.24, 2.45) is 0 Å². The zero-order valence-corrected chi connectivity index (χ0v) is 11.8. The molecule has 0 bridgehead atoms. The van der Waals surface area contributed by atoms with Crippen LogP contribution in [0.15, 0.2) is 6.33 Å². The summed E-state index contributed by atoms with van der Waals surface area (Å²) in [6.45, 7) is 4.35. The minimum Gasteiger partial charge on any atom is -0.479 e. The number of H-pyrrole nitrogens is 1. The van der Waals surface area contributed by atoms with Crippen molar-refractivity contribution in [3.8, 4) is 5.88 Å². The Balaban J connectivity index is 2.51. The standard InChI is InChI=1S/C12H18N4OS/c1-4-5-6-8(2)16-10-9(15-12(16)18)11(17-3)14-7-13-10/h7-8H,4-6H2,1-3H3,(H,15,18). The third kappa shape index (κ3) is 2.25. The van der Waals surface area contributed by atoms with Crippen LogP contribution in [0.3, 0.4) is 0 Å². The molecule has 6 heteroatoms. The molecule has 0 spiro atoms. The zero-order valence-electron chi connectivity index (χ0n) is 10.9. The quantitative estimate of drug-likeness (QED) is 0.844. The molecule has 0 saturated carbocycles. The highest BCUT2D eigenvalue weighted by molar-refractivity contribution is 7.71. The van der Waals surface area contributed by atoms with Crippen molar-refractivity contribution in [2.45, 2.75) is 39.2 Å². The van der Waals surface area contributed by atoms with Gasteiger partial charge < -0.3 is 9.72 Å². The SMILES string of the molecule is CCCCC(C)n1c(=S)[nH]c2c(OC)ncnc21. The van der Waals surface area contributed by atoms with Gasteiger partial charge in [-0.1, -0.05) is 19.8 Å². The number of imidazole rings is 1. The van der Waals surface area contributed by atoms with Gasteiger partial charge in [0.25, 0.3) is 0 Å². The number of aromatic amines is 1. The van der Waals surface area contributed by atoms with Crippen LogP contribution in [0.1, 0.15) is 39.2 Å². The Morgan fingerprint density at radius 3 is 2.94 bits per heavy atom. The van der Waals surface area contributed by atoms with E-state index < -0.39 is 0 Å². The summed E-state index contributed by atoms with van der Waals surface area (Å²) in [5.74, 6) is 0.535. The molecule has 0 aromatic carbocycles. The molecule has 2 aromatic heterocycles. The number of aromatic nitrogens is 4. The number of fused-ring (bicyclic) bond motifs is 1. The van der Waals surface area contributed by atoms with E-state index >= 15 is 0 Å². The molecule has 0 saturated heterocycles. The maximum Gasteiger partial charge on any atom is 0.242 e. The van der Waals surface area contributed by atoms with Crippen molar-refractivity contribution in [3.05, 3.63) is 11.1 Å². The Labute approximate surface area is 111 Å². The molecular weight excluding hydrogens is 248 g/mol. The molecule has 98 valence electrons. The maximum atomic E-state index is 5.37. The van der Waals surface area contributed by atoms with E-state index in [9.17, 15) is 0 Å². The number of nitrogens with one attached hydrogen (secondary N) is 1. The third-order valence-electron chi connectivity index (χ3n) is 3.08. The molecule has 0 aliphatic heterocycles. The normalized spacial score (nSPS) is 12.8. The maximum absolute atomic E-state index is 5.37. The van der Waals surface area contributed by atoms with E-state index in [1.165, 1.54) is 19.2 Å². The molecule has 2 aromatic rings. The van der Waals surface area contributed by atoms with Crippen molar-refractivity contribution in [1.29, 1.82) is 0 Å². The van der Waals surface area contributed by atoms with Crippen LogP contribution in [0.2, 0.25) is 0 Å². The first kappa shape index (κ1) is 13.0. The lowest BCUT2D eigenvalue weighted by atomic mass is 10.1. The highest BCUT2D eigenvalue weighted by Crippen LogP contribution is 2.25. The minimum atomic E-state index is 0.325.